The summed E-state index contributed by atoms with van der Waals surface area (Å²) in [6, 6.07) is 13.1. The monoisotopic (exact) mass is 302 g/mol. The zero-order valence-electron chi connectivity index (χ0n) is 10.7. The van der Waals surface area contributed by atoms with Crippen LogP contribution in [0.5, 0.6) is 0 Å². The number of halogens is 3. The average molecular weight is 303 g/mol. The number of hydrogen-bond donors (Lipinski definition) is 0. The summed E-state index contributed by atoms with van der Waals surface area (Å²) in [5.74, 6) is -2.01. The predicted octanol–water partition coefficient (Wildman–Crippen LogP) is 5.00. The summed E-state index contributed by atoms with van der Waals surface area (Å²) in [5, 5.41) is 1.90. The predicted molar refractivity (Wildman–Crippen MR) is 78.7 cm³/mol. The second-order valence-corrected chi connectivity index (χ2v) is 5.03. The maximum Gasteiger partial charge on any atom is 0.193 e. The number of carbonyl (C=O) groups excluding carboxylic acids is 1. The van der Waals surface area contributed by atoms with Crippen molar-refractivity contribution in [2.45, 2.75) is 0 Å². The molecule has 0 unspecified atom stereocenters. The summed E-state index contributed by atoms with van der Waals surface area (Å²) < 4.78 is 26.5. The van der Waals surface area contributed by atoms with E-state index < -0.39 is 17.4 Å². The van der Waals surface area contributed by atoms with Crippen molar-refractivity contribution in [3.63, 3.8) is 0 Å². The molecule has 3 rings (SSSR count). The van der Waals surface area contributed by atoms with Crippen molar-refractivity contribution >= 4 is 28.2 Å². The number of fused-ring (bicyclic) bond motifs is 1. The molecule has 0 saturated heterocycles. The first-order chi connectivity index (χ1) is 10.1. The van der Waals surface area contributed by atoms with Crippen molar-refractivity contribution in [3.05, 3.63) is 82.4 Å². The second kappa shape index (κ2) is 5.26. The minimum Gasteiger partial charge on any atom is -0.289 e. The van der Waals surface area contributed by atoms with Crippen LogP contribution >= 0.6 is 11.6 Å². The third-order valence-electron chi connectivity index (χ3n) is 3.24. The number of ketones is 1. The largest absolute Gasteiger partial charge is 0.289 e. The van der Waals surface area contributed by atoms with E-state index in [0.29, 0.717) is 16.0 Å². The highest BCUT2D eigenvalue weighted by Gasteiger charge is 2.15. The molecular weight excluding hydrogens is 294 g/mol. The van der Waals surface area contributed by atoms with Crippen LogP contribution < -0.4 is 0 Å². The van der Waals surface area contributed by atoms with Gasteiger partial charge in [0.1, 0.15) is 11.6 Å². The van der Waals surface area contributed by atoms with E-state index in [1.54, 1.807) is 30.3 Å². The first kappa shape index (κ1) is 13.7. The summed E-state index contributed by atoms with van der Waals surface area (Å²) >= 11 is 6.10. The molecule has 0 aliphatic rings. The van der Waals surface area contributed by atoms with E-state index in [1.165, 1.54) is 0 Å². The molecule has 0 atom stereocenters. The first-order valence-electron chi connectivity index (χ1n) is 6.24. The van der Waals surface area contributed by atoms with Crippen LogP contribution in [0, 0.1) is 11.6 Å². The summed E-state index contributed by atoms with van der Waals surface area (Å²) in [4.78, 5) is 12.5. The Bertz CT molecular complexity index is 838. The molecule has 3 aromatic carbocycles. The fourth-order valence-corrected chi connectivity index (χ4v) is 2.53. The van der Waals surface area contributed by atoms with Gasteiger partial charge >= 0.3 is 0 Å². The smallest absolute Gasteiger partial charge is 0.193 e. The van der Waals surface area contributed by atoms with Gasteiger partial charge in [0.15, 0.2) is 5.78 Å². The highest BCUT2D eigenvalue weighted by Crippen LogP contribution is 2.28. The van der Waals surface area contributed by atoms with Gasteiger partial charge in [0.25, 0.3) is 0 Å². The lowest BCUT2D eigenvalue weighted by Crippen LogP contribution is -2.03. The van der Waals surface area contributed by atoms with Gasteiger partial charge in [0, 0.05) is 27.6 Å². The molecule has 3 aromatic rings. The van der Waals surface area contributed by atoms with Crippen molar-refractivity contribution < 1.29 is 13.6 Å². The molecule has 0 aliphatic carbocycles. The Morgan fingerprint density at radius 1 is 0.857 bits per heavy atom. The minimum absolute atomic E-state index is 0.0278. The maximum absolute atomic E-state index is 13.3. The number of hydrogen-bond acceptors (Lipinski definition) is 1. The third kappa shape index (κ3) is 2.52. The van der Waals surface area contributed by atoms with Gasteiger partial charge in [-0.2, -0.15) is 0 Å². The molecule has 0 aliphatic heterocycles. The van der Waals surface area contributed by atoms with Crippen LogP contribution in [-0.4, -0.2) is 5.78 Å². The van der Waals surface area contributed by atoms with Gasteiger partial charge < -0.3 is 0 Å². The van der Waals surface area contributed by atoms with Gasteiger partial charge in [-0.05, 0) is 29.7 Å². The molecule has 0 radical (unpaired) electrons. The Kier molecular flexibility index (Phi) is 3.43. The van der Waals surface area contributed by atoms with E-state index in [-0.39, 0.29) is 5.56 Å². The average Bonchev–Trinajstić information content (AvgIpc) is 2.46. The lowest BCUT2D eigenvalue weighted by Gasteiger charge is -2.08. The standard InChI is InChI=1S/C17H9ClF2O/c18-16-6-5-15(13-3-1-2-4-14(13)16)17(21)10-7-11(19)9-12(20)8-10/h1-9H. The van der Waals surface area contributed by atoms with E-state index in [0.717, 1.165) is 23.6 Å². The topological polar surface area (TPSA) is 17.1 Å². The molecule has 0 fully saturated rings. The molecule has 1 nitrogen and oxygen atoms in total. The van der Waals surface area contributed by atoms with Crippen LogP contribution in [0.2, 0.25) is 5.02 Å². The Morgan fingerprint density at radius 2 is 1.48 bits per heavy atom. The van der Waals surface area contributed by atoms with Crippen LogP contribution in [0.25, 0.3) is 10.8 Å². The number of rotatable bonds is 2. The van der Waals surface area contributed by atoms with E-state index >= 15 is 0 Å². The second-order valence-electron chi connectivity index (χ2n) is 4.63. The van der Waals surface area contributed by atoms with Gasteiger partial charge in [-0.3, -0.25) is 4.79 Å². The number of benzene rings is 3. The summed E-state index contributed by atoms with van der Waals surface area (Å²) in [6.45, 7) is 0. The normalized spacial score (nSPS) is 10.8. The van der Waals surface area contributed by atoms with Crippen LogP contribution in [0.3, 0.4) is 0 Å². The van der Waals surface area contributed by atoms with Gasteiger partial charge in [-0.15, -0.1) is 0 Å². The van der Waals surface area contributed by atoms with Crippen LogP contribution in [0.4, 0.5) is 8.78 Å². The molecule has 104 valence electrons. The molecule has 0 amide bonds. The Morgan fingerprint density at radius 3 is 2.14 bits per heavy atom. The van der Waals surface area contributed by atoms with Gasteiger partial charge in [-0.1, -0.05) is 35.9 Å². The molecule has 0 N–H and O–H groups in total. The highest BCUT2D eigenvalue weighted by atomic mass is 35.5. The fourth-order valence-electron chi connectivity index (χ4n) is 2.30. The molecule has 0 bridgehead atoms. The Balaban J connectivity index is 2.20. The summed E-state index contributed by atoms with van der Waals surface area (Å²) in [7, 11) is 0. The Labute approximate surface area is 124 Å². The van der Waals surface area contributed by atoms with Crippen LogP contribution in [-0.2, 0) is 0 Å². The van der Waals surface area contributed by atoms with Gasteiger partial charge in [0.2, 0.25) is 0 Å². The van der Waals surface area contributed by atoms with Crippen molar-refractivity contribution in [3.8, 4) is 0 Å². The van der Waals surface area contributed by atoms with Gasteiger partial charge in [0.05, 0.1) is 0 Å². The van der Waals surface area contributed by atoms with Crippen LogP contribution in [0.15, 0.2) is 54.6 Å². The molecule has 21 heavy (non-hydrogen) atoms. The van der Waals surface area contributed by atoms with Crippen molar-refractivity contribution in [2.24, 2.45) is 0 Å². The molecule has 0 heterocycles. The van der Waals surface area contributed by atoms with Crippen LogP contribution in [0.1, 0.15) is 15.9 Å². The van der Waals surface area contributed by atoms with Crippen molar-refractivity contribution in [2.75, 3.05) is 0 Å². The molecule has 0 spiro atoms. The van der Waals surface area contributed by atoms with E-state index in [9.17, 15) is 13.6 Å². The molecular formula is C17H9ClF2O. The third-order valence-corrected chi connectivity index (χ3v) is 3.57. The molecule has 0 saturated carbocycles. The SMILES string of the molecule is O=C(c1cc(F)cc(F)c1)c1ccc(Cl)c2ccccc12. The molecule has 4 heteroatoms. The van der Waals surface area contributed by atoms with Gasteiger partial charge in [-0.25, -0.2) is 8.78 Å². The summed E-state index contributed by atoms with van der Waals surface area (Å²) in [6.07, 6.45) is 0. The minimum atomic E-state index is -0.781. The first-order valence-corrected chi connectivity index (χ1v) is 6.62. The summed E-state index contributed by atoms with van der Waals surface area (Å²) in [5.41, 5.74) is 0.333. The molecule has 0 aromatic heterocycles. The maximum atomic E-state index is 13.3. The number of carbonyl (C=O) groups is 1. The zero-order chi connectivity index (χ0) is 15.0. The lowest BCUT2D eigenvalue weighted by molar-refractivity contribution is 0.103. The lowest BCUT2D eigenvalue weighted by atomic mass is 9.97. The van der Waals surface area contributed by atoms with E-state index in [1.807, 2.05) is 6.07 Å². The quantitative estimate of drug-likeness (QED) is 0.609. The van der Waals surface area contributed by atoms with E-state index in [2.05, 4.69) is 0 Å². The Hall–Kier alpha value is -2.26. The zero-order valence-corrected chi connectivity index (χ0v) is 11.5. The fraction of sp³-hybridized carbons (Fsp3) is 0. The van der Waals surface area contributed by atoms with E-state index in [4.69, 9.17) is 11.6 Å². The van der Waals surface area contributed by atoms with Crippen molar-refractivity contribution in [1.82, 2.24) is 0 Å². The highest BCUT2D eigenvalue weighted by molar-refractivity contribution is 6.36. The van der Waals surface area contributed by atoms with Crippen molar-refractivity contribution in [1.29, 1.82) is 0 Å².